The Kier molecular flexibility index (Phi) is 7.27. The van der Waals surface area contributed by atoms with E-state index < -0.39 is 0 Å². The Morgan fingerprint density at radius 2 is 1.94 bits per heavy atom. The Morgan fingerprint density at radius 3 is 2.64 bits per heavy atom. The number of hydrogen-bond donors (Lipinski definition) is 0. The molecule has 3 amide bonds. The summed E-state index contributed by atoms with van der Waals surface area (Å²) in [6.45, 7) is 8.77. The van der Waals surface area contributed by atoms with Gasteiger partial charge in [0.05, 0.1) is 10.4 Å². The highest BCUT2D eigenvalue weighted by molar-refractivity contribution is 8.18. The summed E-state index contributed by atoms with van der Waals surface area (Å²) >= 11 is 1.01. The van der Waals surface area contributed by atoms with Crippen molar-refractivity contribution in [1.82, 2.24) is 14.4 Å². The van der Waals surface area contributed by atoms with Crippen LogP contribution >= 0.6 is 11.8 Å². The maximum atomic E-state index is 13.1. The number of benzene rings is 1. The van der Waals surface area contributed by atoms with Crippen molar-refractivity contribution in [2.75, 3.05) is 19.6 Å². The van der Waals surface area contributed by atoms with Crippen molar-refractivity contribution < 1.29 is 14.4 Å². The summed E-state index contributed by atoms with van der Waals surface area (Å²) in [6.07, 6.45) is 8.48. The number of nitrogens with zero attached hydrogens (tertiary/aromatic N) is 3. The molecule has 0 spiro atoms. The first-order chi connectivity index (χ1) is 15.9. The van der Waals surface area contributed by atoms with E-state index >= 15 is 0 Å². The molecule has 7 heteroatoms. The number of likely N-dealkylation sites (tertiary alicyclic amines) is 1. The highest BCUT2D eigenvalue weighted by Crippen LogP contribution is 2.35. The minimum Gasteiger partial charge on any atom is -0.341 e. The van der Waals surface area contributed by atoms with E-state index in [1.54, 1.807) is 0 Å². The van der Waals surface area contributed by atoms with Crippen LogP contribution in [0.2, 0.25) is 0 Å². The quantitative estimate of drug-likeness (QED) is 0.519. The number of aryl methyl sites for hydroxylation is 1. The molecular weight excluding hydrogens is 434 g/mol. The number of para-hydroxylation sites is 1. The molecule has 1 aromatic heterocycles. The van der Waals surface area contributed by atoms with Gasteiger partial charge in [0.15, 0.2) is 0 Å². The molecule has 2 fully saturated rings. The first-order valence-corrected chi connectivity index (χ1v) is 12.9. The molecule has 2 aliphatic heterocycles. The molecule has 2 aliphatic rings. The van der Waals surface area contributed by atoms with Crippen LogP contribution in [0.25, 0.3) is 17.0 Å². The number of thioether (sulfide) groups is 1. The molecule has 0 unspecified atom stereocenters. The fraction of sp³-hybridized carbons (Fsp3) is 0.500. The number of aromatic nitrogens is 1. The van der Waals surface area contributed by atoms with E-state index in [9.17, 15) is 14.4 Å². The molecule has 0 aliphatic carbocycles. The van der Waals surface area contributed by atoms with E-state index in [0.717, 1.165) is 73.4 Å². The number of carbonyl (C=O) groups is 3. The molecule has 0 bridgehead atoms. The second-order valence-corrected chi connectivity index (χ2v) is 10.1. The predicted octanol–water partition coefficient (Wildman–Crippen LogP) is 5.30. The van der Waals surface area contributed by atoms with E-state index in [4.69, 9.17) is 0 Å². The second kappa shape index (κ2) is 10.2. The molecule has 2 saturated heterocycles. The summed E-state index contributed by atoms with van der Waals surface area (Å²) in [5.74, 6) is 0.591. The summed E-state index contributed by atoms with van der Waals surface area (Å²) in [6, 6.07) is 6.14. The van der Waals surface area contributed by atoms with E-state index in [0.29, 0.717) is 17.4 Å². The lowest BCUT2D eigenvalue weighted by Gasteiger charge is -2.30. The highest BCUT2D eigenvalue weighted by atomic mass is 32.2. The SMILES string of the molecule is CCCCN1C(=O)S/C(=C\c2cn(CC(=O)N3CCC(C)CC3)c3c(CC)cccc23)C1=O. The second-order valence-electron chi connectivity index (χ2n) is 9.13. The lowest BCUT2D eigenvalue weighted by molar-refractivity contribution is -0.133. The molecule has 1 aromatic carbocycles. The van der Waals surface area contributed by atoms with Crippen LogP contribution in [0, 0.1) is 5.92 Å². The molecule has 4 rings (SSSR count). The first-order valence-electron chi connectivity index (χ1n) is 12.1. The monoisotopic (exact) mass is 467 g/mol. The van der Waals surface area contributed by atoms with Gasteiger partial charge in [-0.3, -0.25) is 19.3 Å². The van der Waals surface area contributed by atoms with Crippen LogP contribution < -0.4 is 0 Å². The number of fused-ring (bicyclic) bond motifs is 1. The van der Waals surface area contributed by atoms with Crippen LogP contribution in [0.5, 0.6) is 0 Å². The van der Waals surface area contributed by atoms with E-state index in [-0.39, 0.29) is 23.6 Å². The van der Waals surface area contributed by atoms with Crippen molar-refractivity contribution >= 4 is 45.8 Å². The largest absolute Gasteiger partial charge is 0.341 e. The number of rotatable bonds is 7. The van der Waals surface area contributed by atoms with Gasteiger partial charge >= 0.3 is 0 Å². The van der Waals surface area contributed by atoms with Crippen molar-refractivity contribution in [3.8, 4) is 0 Å². The number of piperidine rings is 1. The third-order valence-corrected chi connectivity index (χ3v) is 7.64. The Hall–Kier alpha value is -2.54. The zero-order valence-electron chi connectivity index (χ0n) is 19.8. The topological polar surface area (TPSA) is 62.6 Å². The van der Waals surface area contributed by atoms with Crippen molar-refractivity contribution in [3.05, 3.63) is 40.4 Å². The van der Waals surface area contributed by atoms with E-state index in [1.165, 1.54) is 10.5 Å². The predicted molar refractivity (Wildman–Crippen MR) is 134 cm³/mol. The van der Waals surface area contributed by atoms with Gasteiger partial charge in [0.1, 0.15) is 6.54 Å². The molecule has 6 nitrogen and oxygen atoms in total. The smallest absolute Gasteiger partial charge is 0.293 e. The van der Waals surface area contributed by atoms with Crippen LogP contribution in [0.4, 0.5) is 4.79 Å². The van der Waals surface area contributed by atoms with Gasteiger partial charge in [-0.15, -0.1) is 0 Å². The third kappa shape index (κ3) is 4.88. The summed E-state index contributed by atoms with van der Waals surface area (Å²) in [5, 5.41) is 0.807. The first kappa shape index (κ1) is 23.6. The van der Waals surface area contributed by atoms with Crippen LogP contribution in [0.3, 0.4) is 0 Å². The van der Waals surface area contributed by atoms with Crippen molar-refractivity contribution in [1.29, 1.82) is 0 Å². The average Bonchev–Trinajstić information content (AvgIpc) is 3.29. The molecule has 2 aromatic rings. The number of unbranched alkanes of at least 4 members (excludes halogenated alkanes) is 1. The molecule has 3 heterocycles. The third-order valence-electron chi connectivity index (χ3n) is 6.73. The lowest BCUT2D eigenvalue weighted by Crippen LogP contribution is -2.39. The van der Waals surface area contributed by atoms with Crippen LogP contribution in [-0.2, 0) is 22.6 Å². The fourth-order valence-corrected chi connectivity index (χ4v) is 5.50. The van der Waals surface area contributed by atoms with Gasteiger partial charge in [0, 0.05) is 36.8 Å². The van der Waals surface area contributed by atoms with Gasteiger partial charge in [-0.25, -0.2) is 0 Å². The maximum absolute atomic E-state index is 13.1. The molecule has 33 heavy (non-hydrogen) atoms. The highest BCUT2D eigenvalue weighted by Gasteiger charge is 2.34. The van der Waals surface area contributed by atoms with E-state index in [1.807, 2.05) is 40.8 Å². The summed E-state index contributed by atoms with van der Waals surface area (Å²) in [4.78, 5) is 42.1. The van der Waals surface area contributed by atoms with Crippen molar-refractivity contribution in [2.24, 2.45) is 5.92 Å². The van der Waals surface area contributed by atoms with Crippen LogP contribution in [0.15, 0.2) is 29.3 Å². The maximum Gasteiger partial charge on any atom is 0.293 e. The Labute approximate surface area is 200 Å². The number of imide groups is 1. The van der Waals surface area contributed by atoms with Crippen LogP contribution in [-0.4, -0.2) is 51.1 Å². The van der Waals surface area contributed by atoms with Gasteiger partial charge in [-0.2, -0.15) is 0 Å². The molecule has 0 N–H and O–H groups in total. The summed E-state index contributed by atoms with van der Waals surface area (Å²) < 4.78 is 2.03. The zero-order valence-corrected chi connectivity index (χ0v) is 20.6. The molecule has 176 valence electrons. The fourth-order valence-electron chi connectivity index (χ4n) is 4.64. The molecule has 0 atom stereocenters. The zero-order chi connectivity index (χ0) is 23.5. The van der Waals surface area contributed by atoms with Gasteiger partial charge in [0.2, 0.25) is 5.91 Å². The van der Waals surface area contributed by atoms with Crippen molar-refractivity contribution in [3.63, 3.8) is 0 Å². The van der Waals surface area contributed by atoms with Gasteiger partial charge in [-0.05, 0) is 55.0 Å². The Bertz CT molecular complexity index is 1100. The molecule has 0 saturated carbocycles. The van der Waals surface area contributed by atoms with Crippen LogP contribution in [0.1, 0.15) is 57.6 Å². The van der Waals surface area contributed by atoms with Crippen molar-refractivity contribution in [2.45, 2.75) is 59.4 Å². The number of hydrogen-bond acceptors (Lipinski definition) is 4. The minimum absolute atomic E-state index is 0.135. The Balaban J connectivity index is 1.66. The lowest BCUT2D eigenvalue weighted by atomic mass is 9.99. The average molecular weight is 468 g/mol. The number of carbonyl (C=O) groups excluding carboxylic acids is 3. The molecule has 0 radical (unpaired) electrons. The summed E-state index contributed by atoms with van der Waals surface area (Å²) in [7, 11) is 0. The van der Waals surface area contributed by atoms with Gasteiger partial charge < -0.3 is 9.47 Å². The van der Waals surface area contributed by atoms with Gasteiger partial charge in [-0.1, -0.05) is 45.4 Å². The normalized spacial score (nSPS) is 18.8. The Morgan fingerprint density at radius 1 is 1.18 bits per heavy atom. The standard InChI is InChI=1S/C26H33N3O3S/c1-4-6-12-29-25(31)22(33-26(29)32)15-20-16-28(24-19(5-2)8-7-9-21(20)24)17-23(30)27-13-10-18(3)11-14-27/h7-9,15-16,18H,4-6,10-14,17H2,1-3H3/b22-15-. The minimum atomic E-state index is -0.218. The van der Waals surface area contributed by atoms with Gasteiger partial charge in [0.25, 0.3) is 11.1 Å². The number of amides is 3. The molecular formula is C26H33N3O3S. The summed E-state index contributed by atoms with van der Waals surface area (Å²) in [5.41, 5.74) is 3.08. The van der Waals surface area contributed by atoms with E-state index in [2.05, 4.69) is 19.9 Å².